The van der Waals surface area contributed by atoms with Gasteiger partial charge in [-0.1, -0.05) is 59.8 Å². The number of aryl methyl sites for hydroxylation is 1. The first-order valence-electron chi connectivity index (χ1n) is 9.35. The molecule has 4 rings (SSSR count). The fourth-order valence-corrected chi connectivity index (χ4v) is 3.23. The van der Waals surface area contributed by atoms with Gasteiger partial charge >= 0.3 is 0 Å². The topological polar surface area (TPSA) is 68.1 Å². The van der Waals surface area contributed by atoms with Crippen LogP contribution in [0.2, 0.25) is 0 Å². The van der Waals surface area contributed by atoms with E-state index in [1.807, 2.05) is 61.5 Å². The SMILES string of the molecule is Cc1cccc(N(Cc2ccccc2)C(=O)Cn2nnc3ccccc3c2=O)c1. The second kappa shape index (κ2) is 8.06. The lowest BCUT2D eigenvalue weighted by atomic mass is 10.1. The number of amides is 1. The van der Waals surface area contributed by atoms with E-state index in [1.165, 1.54) is 0 Å². The molecular formula is C23H20N4O2. The minimum absolute atomic E-state index is 0.183. The Balaban J connectivity index is 1.68. The van der Waals surface area contributed by atoms with Gasteiger partial charge in [-0.3, -0.25) is 9.59 Å². The zero-order valence-electron chi connectivity index (χ0n) is 16.0. The lowest BCUT2D eigenvalue weighted by Crippen LogP contribution is -2.37. The molecule has 0 saturated heterocycles. The molecule has 6 heteroatoms. The number of nitrogens with zero attached hydrogens (tertiary/aromatic N) is 4. The second-order valence-electron chi connectivity index (χ2n) is 6.87. The molecule has 144 valence electrons. The fourth-order valence-electron chi connectivity index (χ4n) is 3.23. The zero-order valence-corrected chi connectivity index (χ0v) is 16.0. The Morgan fingerprint density at radius 3 is 2.52 bits per heavy atom. The molecule has 3 aromatic carbocycles. The second-order valence-corrected chi connectivity index (χ2v) is 6.87. The summed E-state index contributed by atoms with van der Waals surface area (Å²) in [5.41, 5.74) is 3.02. The van der Waals surface area contributed by atoms with Crippen LogP contribution >= 0.6 is 0 Å². The van der Waals surface area contributed by atoms with Gasteiger partial charge in [-0.25, -0.2) is 4.68 Å². The molecule has 29 heavy (non-hydrogen) atoms. The van der Waals surface area contributed by atoms with Crippen LogP contribution in [0.15, 0.2) is 83.7 Å². The highest BCUT2D eigenvalue weighted by atomic mass is 16.2. The maximum Gasteiger partial charge on any atom is 0.278 e. The Morgan fingerprint density at radius 1 is 0.966 bits per heavy atom. The molecule has 0 bridgehead atoms. The lowest BCUT2D eigenvalue weighted by molar-refractivity contribution is -0.119. The summed E-state index contributed by atoms with van der Waals surface area (Å²) in [6.45, 7) is 2.20. The summed E-state index contributed by atoms with van der Waals surface area (Å²) in [5.74, 6) is -0.230. The molecule has 0 aliphatic rings. The molecule has 0 spiro atoms. The number of carbonyl (C=O) groups excluding carboxylic acids is 1. The Kier molecular flexibility index (Phi) is 5.16. The van der Waals surface area contributed by atoms with E-state index in [1.54, 1.807) is 29.2 Å². The summed E-state index contributed by atoms with van der Waals surface area (Å²) in [7, 11) is 0. The van der Waals surface area contributed by atoms with Crippen LogP contribution in [0.3, 0.4) is 0 Å². The maximum absolute atomic E-state index is 13.2. The van der Waals surface area contributed by atoms with Gasteiger partial charge in [-0.15, -0.1) is 5.10 Å². The van der Waals surface area contributed by atoms with Crippen molar-refractivity contribution in [2.45, 2.75) is 20.0 Å². The monoisotopic (exact) mass is 384 g/mol. The van der Waals surface area contributed by atoms with Crippen LogP contribution in [0.1, 0.15) is 11.1 Å². The summed E-state index contributed by atoms with van der Waals surface area (Å²) < 4.78 is 1.12. The predicted octanol–water partition coefficient (Wildman–Crippen LogP) is 3.33. The van der Waals surface area contributed by atoms with Gasteiger partial charge in [-0.2, -0.15) is 0 Å². The molecule has 0 saturated carbocycles. The van der Waals surface area contributed by atoms with Gasteiger partial charge in [0.2, 0.25) is 5.91 Å². The van der Waals surface area contributed by atoms with E-state index >= 15 is 0 Å². The standard InChI is InChI=1S/C23H20N4O2/c1-17-8-7-11-19(14-17)26(15-18-9-3-2-4-10-18)22(28)16-27-23(29)20-12-5-6-13-21(20)24-25-27/h2-14H,15-16H2,1H3. The molecule has 0 fully saturated rings. The Hall–Kier alpha value is -3.80. The first-order chi connectivity index (χ1) is 14.1. The van der Waals surface area contributed by atoms with Crippen molar-refractivity contribution in [1.29, 1.82) is 0 Å². The summed E-state index contributed by atoms with van der Waals surface area (Å²) in [6, 6.07) is 24.5. The highest BCUT2D eigenvalue weighted by molar-refractivity contribution is 5.93. The molecule has 0 radical (unpaired) electrons. The first-order valence-corrected chi connectivity index (χ1v) is 9.35. The van der Waals surface area contributed by atoms with Crippen molar-refractivity contribution in [3.8, 4) is 0 Å². The van der Waals surface area contributed by atoms with E-state index < -0.39 is 0 Å². The third kappa shape index (κ3) is 4.06. The molecule has 4 aromatic rings. The summed E-state index contributed by atoms with van der Waals surface area (Å²) >= 11 is 0. The normalized spacial score (nSPS) is 10.8. The highest BCUT2D eigenvalue weighted by Crippen LogP contribution is 2.19. The molecule has 1 aromatic heterocycles. The average molecular weight is 384 g/mol. The maximum atomic E-state index is 13.2. The van der Waals surface area contributed by atoms with Crippen molar-refractivity contribution >= 4 is 22.5 Å². The summed E-state index contributed by atoms with van der Waals surface area (Å²) in [4.78, 5) is 27.6. The lowest BCUT2D eigenvalue weighted by Gasteiger charge is -2.23. The molecule has 0 unspecified atom stereocenters. The number of fused-ring (bicyclic) bond motifs is 1. The Morgan fingerprint density at radius 2 is 1.72 bits per heavy atom. The molecule has 1 heterocycles. The minimum atomic E-state index is -0.326. The van der Waals surface area contributed by atoms with Gasteiger partial charge < -0.3 is 4.90 Å². The number of benzene rings is 3. The molecule has 1 amide bonds. The number of carbonyl (C=O) groups is 1. The van der Waals surface area contributed by atoms with Crippen LogP contribution < -0.4 is 10.5 Å². The van der Waals surface area contributed by atoms with Gasteiger partial charge in [0.05, 0.1) is 11.9 Å². The van der Waals surface area contributed by atoms with Crippen molar-refractivity contribution < 1.29 is 4.79 Å². The van der Waals surface area contributed by atoms with Crippen LogP contribution in [0, 0.1) is 6.92 Å². The van der Waals surface area contributed by atoms with E-state index in [4.69, 9.17) is 0 Å². The third-order valence-electron chi connectivity index (χ3n) is 4.71. The Bertz CT molecular complexity index is 1220. The molecule has 0 aliphatic carbocycles. The van der Waals surface area contributed by atoms with Gasteiger partial charge in [0.15, 0.2) is 0 Å². The summed E-state index contributed by atoms with van der Waals surface area (Å²) in [6.07, 6.45) is 0. The largest absolute Gasteiger partial charge is 0.306 e. The van der Waals surface area contributed by atoms with Crippen LogP contribution in [0.5, 0.6) is 0 Å². The quantitative estimate of drug-likeness (QED) is 0.529. The van der Waals surface area contributed by atoms with Crippen LogP contribution in [0.4, 0.5) is 5.69 Å². The molecule has 6 nitrogen and oxygen atoms in total. The number of aromatic nitrogens is 3. The minimum Gasteiger partial charge on any atom is -0.306 e. The smallest absolute Gasteiger partial charge is 0.278 e. The molecule has 0 aliphatic heterocycles. The van der Waals surface area contributed by atoms with Crippen molar-refractivity contribution in [1.82, 2.24) is 15.0 Å². The Labute approximate surface area is 168 Å². The van der Waals surface area contributed by atoms with E-state index in [2.05, 4.69) is 10.3 Å². The van der Waals surface area contributed by atoms with Crippen LogP contribution in [-0.2, 0) is 17.9 Å². The van der Waals surface area contributed by atoms with E-state index in [-0.39, 0.29) is 18.0 Å². The predicted molar refractivity (Wildman–Crippen MR) is 113 cm³/mol. The zero-order chi connectivity index (χ0) is 20.2. The van der Waals surface area contributed by atoms with Crippen molar-refractivity contribution in [2.75, 3.05) is 4.90 Å². The highest BCUT2D eigenvalue weighted by Gasteiger charge is 2.19. The number of hydrogen-bond donors (Lipinski definition) is 0. The molecule has 0 N–H and O–H groups in total. The number of anilines is 1. The third-order valence-corrected chi connectivity index (χ3v) is 4.71. The van der Waals surface area contributed by atoms with Crippen molar-refractivity contribution in [3.05, 3.63) is 100 Å². The van der Waals surface area contributed by atoms with Crippen molar-refractivity contribution in [2.24, 2.45) is 0 Å². The van der Waals surface area contributed by atoms with Crippen LogP contribution in [-0.4, -0.2) is 20.9 Å². The van der Waals surface area contributed by atoms with Crippen molar-refractivity contribution in [3.63, 3.8) is 0 Å². The average Bonchev–Trinajstić information content (AvgIpc) is 2.75. The van der Waals surface area contributed by atoms with E-state index in [0.29, 0.717) is 17.4 Å². The molecule has 0 atom stereocenters. The number of hydrogen-bond acceptors (Lipinski definition) is 4. The first kappa shape index (κ1) is 18.6. The fraction of sp³-hybridized carbons (Fsp3) is 0.130. The molecular weight excluding hydrogens is 364 g/mol. The van der Waals surface area contributed by atoms with E-state index in [0.717, 1.165) is 21.5 Å². The summed E-state index contributed by atoms with van der Waals surface area (Å²) in [5, 5.41) is 8.47. The van der Waals surface area contributed by atoms with Gasteiger partial charge in [0.25, 0.3) is 5.56 Å². The number of rotatable bonds is 5. The van der Waals surface area contributed by atoms with Crippen LogP contribution in [0.25, 0.3) is 10.9 Å². The van der Waals surface area contributed by atoms with E-state index in [9.17, 15) is 9.59 Å². The van der Waals surface area contributed by atoms with Gasteiger partial charge in [0, 0.05) is 5.69 Å². The van der Waals surface area contributed by atoms with Gasteiger partial charge in [0.1, 0.15) is 12.1 Å². The van der Waals surface area contributed by atoms with Gasteiger partial charge in [-0.05, 0) is 42.3 Å².